The molecule has 1 fully saturated rings. The van der Waals surface area contributed by atoms with Crippen molar-refractivity contribution in [1.29, 1.82) is 0 Å². The van der Waals surface area contributed by atoms with Crippen LogP contribution >= 0.6 is 0 Å². The molecule has 0 saturated carbocycles. The Labute approximate surface area is 124 Å². The summed E-state index contributed by atoms with van der Waals surface area (Å²) in [5.74, 6) is -0.863. The normalized spacial score (nSPS) is 14.7. The monoisotopic (exact) mass is 288 g/mol. The minimum absolute atomic E-state index is 0.196. The first-order valence-electron chi connectivity index (χ1n) is 7.30. The highest BCUT2D eigenvalue weighted by Crippen LogP contribution is 2.22. The van der Waals surface area contributed by atoms with Crippen LogP contribution in [0.4, 0.5) is 5.69 Å². The summed E-state index contributed by atoms with van der Waals surface area (Å²) in [6.07, 6.45) is 2.03. The van der Waals surface area contributed by atoms with Crippen LogP contribution in [0.3, 0.4) is 0 Å². The lowest BCUT2D eigenvalue weighted by Gasteiger charge is -2.17. The zero-order valence-electron chi connectivity index (χ0n) is 12.4. The maximum absolute atomic E-state index is 12.1. The highest BCUT2D eigenvalue weighted by Gasteiger charge is 2.30. The third-order valence-corrected chi connectivity index (χ3v) is 3.72. The first kappa shape index (κ1) is 15.2. The Balaban J connectivity index is 2.13. The molecule has 1 aliphatic heterocycles. The van der Waals surface area contributed by atoms with Gasteiger partial charge < -0.3 is 5.32 Å². The van der Waals surface area contributed by atoms with Crippen LogP contribution in [0.15, 0.2) is 18.2 Å². The first-order valence-corrected chi connectivity index (χ1v) is 7.30. The van der Waals surface area contributed by atoms with Crippen LogP contribution in [0.5, 0.6) is 0 Å². The van der Waals surface area contributed by atoms with Gasteiger partial charge in [-0.3, -0.25) is 19.3 Å². The second-order valence-corrected chi connectivity index (χ2v) is 5.08. The lowest BCUT2D eigenvalue weighted by Crippen LogP contribution is -2.37. The fourth-order valence-electron chi connectivity index (χ4n) is 2.52. The molecule has 5 nitrogen and oxygen atoms in total. The van der Waals surface area contributed by atoms with Crippen molar-refractivity contribution in [1.82, 2.24) is 4.90 Å². The summed E-state index contributed by atoms with van der Waals surface area (Å²) in [5.41, 5.74) is 2.93. The predicted molar refractivity (Wildman–Crippen MR) is 79.8 cm³/mol. The van der Waals surface area contributed by atoms with Crippen molar-refractivity contribution in [2.45, 2.75) is 39.5 Å². The number of carbonyl (C=O) groups is 3. The van der Waals surface area contributed by atoms with Crippen LogP contribution < -0.4 is 5.32 Å². The van der Waals surface area contributed by atoms with Crippen molar-refractivity contribution in [3.05, 3.63) is 29.3 Å². The summed E-state index contributed by atoms with van der Waals surface area (Å²) in [4.78, 5) is 36.3. The van der Waals surface area contributed by atoms with Gasteiger partial charge in [0.15, 0.2) is 0 Å². The third-order valence-electron chi connectivity index (χ3n) is 3.72. The summed E-state index contributed by atoms with van der Waals surface area (Å²) in [5, 5.41) is 2.86. The zero-order chi connectivity index (χ0) is 15.4. The molecule has 5 heteroatoms. The zero-order valence-corrected chi connectivity index (χ0v) is 12.4. The van der Waals surface area contributed by atoms with Crippen LogP contribution in [-0.4, -0.2) is 29.2 Å². The average Bonchev–Trinajstić information content (AvgIpc) is 2.79. The third kappa shape index (κ3) is 3.29. The molecule has 112 valence electrons. The number of hydrogen-bond donors (Lipinski definition) is 1. The lowest BCUT2D eigenvalue weighted by molar-refractivity contribution is -0.141. The summed E-state index contributed by atoms with van der Waals surface area (Å²) in [7, 11) is 0. The molecule has 0 radical (unpaired) electrons. The Morgan fingerprint density at radius 2 is 1.62 bits per heavy atom. The van der Waals surface area contributed by atoms with Gasteiger partial charge in [-0.05, 0) is 24.0 Å². The number of imide groups is 1. The highest BCUT2D eigenvalue weighted by atomic mass is 16.2. The smallest absolute Gasteiger partial charge is 0.244 e. The number of aryl methyl sites for hydroxylation is 2. The number of likely N-dealkylation sites (tertiary alicyclic amines) is 1. The molecule has 3 amide bonds. The summed E-state index contributed by atoms with van der Waals surface area (Å²) < 4.78 is 0. The Morgan fingerprint density at radius 3 is 2.10 bits per heavy atom. The number of hydrogen-bond acceptors (Lipinski definition) is 3. The second kappa shape index (κ2) is 6.52. The van der Waals surface area contributed by atoms with Crippen LogP contribution in [0, 0.1) is 0 Å². The Morgan fingerprint density at radius 1 is 1.10 bits per heavy atom. The second-order valence-electron chi connectivity index (χ2n) is 5.08. The fraction of sp³-hybridized carbons (Fsp3) is 0.438. The molecule has 0 bridgehead atoms. The van der Waals surface area contributed by atoms with Crippen LogP contribution in [-0.2, 0) is 27.2 Å². The van der Waals surface area contributed by atoms with Gasteiger partial charge in [-0.2, -0.15) is 0 Å². The summed E-state index contributed by atoms with van der Waals surface area (Å²) >= 11 is 0. The van der Waals surface area contributed by atoms with Gasteiger partial charge in [0.1, 0.15) is 6.54 Å². The maximum atomic E-state index is 12.1. The number of para-hydroxylation sites is 1. The van der Waals surface area contributed by atoms with E-state index in [1.165, 1.54) is 0 Å². The van der Waals surface area contributed by atoms with E-state index in [-0.39, 0.29) is 37.1 Å². The van der Waals surface area contributed by atoms with E-state index in [1.54, 1.807) is 0 Å². The summed E-state index contributed by atoms with van der Waals surface area (Å²) in [6, 6.07) is 5.92. The molecule has 1 aromatic rings. The van der Waals surface area contributed by atoms with Crippen LogP contribution in [0.1, 0.15) is 37.8 Å². The largest absolute Gasteiger partial charge is 0.324 e. The number of carbonyl (C=O) groups excluding carboxylic acids is 3. The number of anilines is 1. The fourth-order valence-corrected chi connectivity index (χ4v) is 2.52. The van der Waals surface area contributed by atoms with Crippen LogP contribution in [0.25, 0.3) is 0 Å². The van der Waals surface area contributed by atoms with Crippen molar-refractivity contribution >= 4 is 23.4 Å². The molecule has 0 aliphatic carbocycles. The van der Waals surface area contributed by atoms with Crippen molar-refractivity contribution in [2.24, 2.45) is 0 Å². The van der Waals surface area contributed by atoms with Gasteiger partial charge in [-0.15, -0.1) is 0 Å². The molecular formula is C16H20N2O3. The van der Waals surface area contributed by atoms with Gasteiger partial charge in [0, 0.05) is 18.5 Å². The standard InChI is InChI=1S/C16H20N2O3/c1-3-11-6-5-7-12(4-2)16(11)17-13(19)10-18-14(20)8-9-15(18)21/h5-7H,3-4,8-10H2,1-2H3,(H,17,19). The number of nitrogens with one attached hydrogen (secondary N) is 1. The molecule has 1 heterocycles. The Bertz CT molecular complexity index is 543. The van der Waals surface area contributed by atoms with Crippen molar-refractivity contribution < 1.29 is 14.4 Å². The van der Waals surface area contributed by atoms with E-state index < -0.39 is 0 Å². The predicted octanol–water partition coefficient (Wildman–Crippen LogP) is 1.90. The molecule has 0 unspecified atom stereocenters. The van der Waals surface area contributed by atoms with Crippen molar-refractivity contribution in [3.63, 3.8) is 0 Å². The van der Waals surface area contributed by atoms with Gasteiger partial charge >= 0.3 is 0 Å². The van der Waals surface area contributed by atoms with Crippen LogP contribution in [0.2, 0.25) is 0 Å². The number of nitrogens with zero attached hydrogens (tertiary/aromatic N) is 1. The summed E-state index contributed by atoms with van der Waals surface area (Å²) in [6.45, 7) is 3.86. The Hall–Kier alpha value is -2.17. The number of benzene rings is 1. The molecule has 1 N–H and O–H groups in total. The quantitative estimate of drug-likeness (QED) is 0.841. The number of amides is 3. The maximum Gasteiger partial charge on any atom is 0.244 e. The molecule has 2 rings (SSSR count). The average molecular weight is 288 g/mol. The van der Waals surface area contributed by atoms with E-state index in [0.717, 1.165) is 34.6 Å². The molecule has 0 spiro atoms. The lowest BCUT2D eigenvalue weighted by atomic mass is 10.0. The minimum Gasteiger partial charge on any atom is -0.324 e. The Kier molecular flexibility index (Phi) is 4.73. The van der Waals surface area contributed by atoms with Gasteiger partial charge in [0.2, 0.25) is 17.7 Å². The van der Waals surface area contributed by atoms with Crippen molar-refractivity contribution in [3.8, 4) is 0 Å². The highest BCUT2D eigenvalue weighted by molar-refractivity contribution is 6.06. The van der Waals surface area contributed by atoms with Gasteiger partial charge in [0.25, 0.3) is 0 Å². The molecule has 1 aromatic carbocycles. The SMILES string of the molecule is CCc1cccc(CC)c1NC(=O)CN1C(=O)CCC1=O. The first-order chi connectivity index (χ1) is 10.1. The van der Waals surface area contributed by atoms with E-state index in [9.17, 15) is 14.4 Å². The number of rotatable bonds is 5. The molecule has 0 atom stereocenters. The van der Waals surface area contributed by atoms with Gasteiger partial charge in [0.05, 0.1) is 0 Å². The topological polar surface area (TPSA) is 66.5 Å². The van der Waals surface area contributed by atoms with E-state index in [1.807, 2.05) is 32.0 Å². The molecular weight excluding hydrogens is 268 g/mol. The van der Waals surface area contributed by atoms with E-state index >= 15 is 0 Å². The molecule has 1 aliphatic rings. The van der Waals surface area contributed by atoms with Gasteiger partial charge in [-0.1, -0.05) is 32.0 Å². The molecule has 21 heavy (non-hydrogen) atoms. The molecule has 1 saturated heterocycles. The van der Waals surface area contributed by atoms with Crippen molar-refractivity contribution in [2.75, 3.05) is 11.9 Å². The van der Waals surface area contributed by atoms with E-state index in [0.29, 0.717) is 0 Å². The van der Waals surface area contributed by atoms with Gasteiger partial charge in [-0.25, -0.2) is 0 Å². The molecule has 0 aromatic heterocycles. The van der Waals surface area contributed by atoms with E-state index in [4.69, 9.17) is 0 Å². The van der Waals surface area contributed by atoms with E-state index in [2.05, 4.69) is 5.32 Å². The minimum atomic E-state index is -0.325.